The molecule has 9 aromatic carbocycles. The smallest absolute Gasteiger partial charge is 0.161 e. The van der Waals surface area contributed by atoms with E-state index in [0.717, 1.165) is 55.7 Å². The Hall–Kier alpha value is -7.36. The number of hydrogen-bond donors (Lipinski definition) is 0. The van der Waals surface area contributed by atoms with Gasteiger partial charge < -0.3 is 4.57 Å². The van der Waals surface area contributed by atoms with Crippen molar-refractivity contribution in [2.24, 2.45) is 0 Å². The fourth-order valence-electron chi connectivity index (χ4n) is 8.47. The number of aromatic nitrogens is 3. The summed E-state index contributed by atoms with van der Waals surface area (Å²) in [5.74, 6) is 0.713. The summed E-state index contributed by atoms with van der Waals surface area (Å²) in [5, 5.41) is 9.53. The highest BCUT2D eigenvalue weighted by Gasteiger charge is 2.20. The second-order valence-electron chi connectivity index (χ2n) is 14.1. The van der Waals surface area contributed by atoms with Crippen LogP contribution in [0.25, 0.3) is 105 Å². The van der Waals surface area contributed by atoms with Gasteiger partial charge >= 0.3 is 0 Å². The van der Waals surface area contributed by atoms with Crippen LogP contribution in [-0.4, -0.2) is 14.5 Å². The number of fused-ring (bicyclic) bond motifs is 7. The molecule has 11 aromatic rings. The molecule has 2 aromatic heterocycles. The standard InChI is InChI=1S/C52H33N3/c1-3-16-35(17-4-1)47-33-48(54-52(53-47)51-41-23-10-8-18-36(41)31-45-39-21-9-7-15-34(39)27-29-44(45)51)42-24-12-11-22-40(42)37-28-30-50-46(32-37)43-25-13-14-26-49(43)55(50)38-19-5-2-6-20-38/h1-33H. The van der Waals surface area contributed by atoms with Gasteiger partial charge in [-0.25, -0.2) is 9.97 Å². The number of para-hydroxylation sites is 2. The first-order chi connectivity index (χ1) is 27.3. The van der Waals surface area contributed by atoms with Crippen LogP contribution in [0, 0.1) is 0 Å². The highest BCUT2D eigenvalue weighted by atomic mass is 15.0. The van der Waals surface area contributed by atoms with Crippen molar-refractivity contribution in [2.45, 2.75) is 0 Å². The Kier molecular flexibility index (Phi) is 7.17. The Labute approximate surface area is 318 Å². The first-order valence-electron chi connectivity index (χ1n) is 18.7. The fourth-order valence-corrected chi connectivity index (χ4v) is 8.47. The van der Waals surface area contributed by atoms with Crippen LogP contribution in [0.5, 0.6) is 0 Å². The van der Waals surface area contributed by atoms with Crippen molar-refractivity contribution in [1.29, 1.82) is 0 Å². The zero-order valence-corrected chi connectivity index (χ0v) is 29.9. The molecule has 11 rings (SSSR count). The van der Waals surface area contributed by atoms with E-state index in [1.54, 1.807) is 0 Å². The van der Waals surface area contributed by atoms with Crippen molar-refractivity contribution in [3.63, 3.8) is 0 Å². The van der Waals surface area contributed by atoms with Gasteiger partial charge in [-0.05, 0) is 85.9 Å². The minimum Gasteiger partial charge on any atom is -0.309 e. The Balaban J connectivity index is 1.16. The Morgan fingerprint density at radius 1 is 0.327 bits per heavy atom. The second kappa shape index (κ2) is 12.6. The molecule has 3 nitrogen and oxygen atoms in total. The molecular weight excluding hydrogens is 667 g/mol. The van der Waals surface area contributed by atoms with Gasteiger partial charge in [0, 0.05) is 33.2 Å². The van der Waals surface area contributed by atoms with Crippen molar-refractivity contribution in [3.05, 3.63) is 200 Å². The van der Waals surface area contributed by atoms with Crippen molar-refractivity contribution < 1.29 is 0 Å². The molecule has 0 saturated carbocycles. The molecule has 3 heteroatoms. The van der Waals surface area contributed by atoms with Crippen LogP contribution in [0.4, 0.5) is 0 Å². The van der Waals surface area contributed by atoms with E-state index in [-0.39, 0.29) is 0 Å². The van der Waals surface area contributed by atoms with E-state index < -0.39 is 0 Å². The summed E-state index contributed by atoms with van der Waals surface area (Å²) in [7, 11) is 0. The van der Waals surface area contributed by atoms with Gasteiger partial charge in [0.25, 0.3) is 0 Å². The maximum atomic E-state index is 5.51. The molecule has 0 unspecified atom stereocenters. The molecule has 0 amide bonds. The zero-order valence-electron chi connectivity index (χ0n) is 29.9. The summed E-state index contributed by atoms with van der Waals surface area (Å²) in [6.07, 6.45) is 0. The lowest BCUT2D eigenvalue weighted by atomic mass is 9.92. The van der Waals surface area contributed by atoms with Crippen LogP contribution in [0.3, 0.4) is 0 Å². The molecule has 2 heterocycles. The minimum atomic E-state index is 0.713. The summed E-state index contributed by atoms with van der Waals surface area (Å²) in [6, 6.07) is 71.5. The fraction of sp³-hybridized carbons (Fsp3) is 0. The summed E-state index contributed by atoms with van der Waals surface area (Å²) >= 11 is 0. The van der Waals surface area contributed by atoms with Gasteiger partial charge in [0.2, 0.25) is 0 Å². The van der Waals surface area contributed by atoms with Gasteiger partial charge in [0.05, 0.1) is 22.4 Å². The van der Waals surface area contributed by atoms with Crippen LogP contribution in [-0.2, 0) is 0 Å². The molecule has 0 bridgehead atoms. The van der Waals surface area contributed by atoms with Gasteiger partial charge in [-0.1, -0.05) is 158 Å². The predicted octanol–water partition coefficient (Wildman–Crippen LogP) is 13.7. The van der Waals surface area contributed by atoms with Gasteiger partial charge in [-0.2, -0.15) is 0 Å². The number of benzene rings is 9. The highest BCUT2D eigenvalue weighted by molar-refractivity contribution is 6.19. The summed E-state index contributed by atoms with van der Waals surface area (Å²) < 4.78 is 2.36. The van der Waals surface area contributed by atoms with Gasteiger partial charge in [0.1, 0.15) is 0 Å². The topological polar surface area (TPSA) is 30.7 Å². The molecule has 0 aliphatic rings. The van der Waals surface area contributed by atoms with Crippen molar-refractivity contribution in [3.8, 4) is 50.7 Å². The first-order valence-corrected chi connectivity index (χ1v) is 18.7. The van der Waals surface area contributed by atoms with Crippen LogP contribution in [0.15, 0.2) is 200 Å². The Bertz CT molecular complexity index is 3250. The molecule has 0 N–H and O–H groups in total. The van der Waals surface area contributed by atoms with Crippen LogP contribution in [0.1, 0.15) is 0 Å². The molecule has 55 heavy (non-hydrogen) atoms. The lowest BCUT2D eigenvalue weighted by molar-refractivity contribution is 1.18. The average molecular weight is 700 g/mol. The molecule has 0 aliphatic carbocycles. The second-order valence-corrected chi connectivity index (χ2v) is 14.1. The molecule has 0 atom stereocenters. The third-order valence-corrected chi connectivity index (χ3v) is 11.0. The Morgan fingerprint density at radius 3 is 1.80 bits per heavy atom. The summed E-state index contributed by atoms with van der Waals surface area (Å²) in [5.41, 5.74) is 10.7. The molecular formula is C52H33N3. The van der Waals surface area contributed by atoms with Crippen molar-refractivity contribution in [1.82, 2.24) is 14.5 Å². The first kappa shape index (κ1) is 31.2. The molecule has 0 fully saturated rings. The Morgan fingerprint density at radius 2 is 0.964 bits per heavy atom. The largest absolute Gasteiger partial charge is 0.309 e. The van der Waals surface area contributed by atoms with E-state index in [2.05, 4.69) is 205 Å². The van der Waals surface area contributed by atoms with Gasteiger partial charge in [-0.15, -0.1) is 0 Å². The minimum absolute atomic E-state index is 0.713. The third kappa shape index (κ3) is 5.13. The number of hydrogen-bond acceptors (Lipinski definition) is 2. The van der Waals surface area contributed by atoms with E-state index in [1.807, 2.05) is 0 Å². The van der Waals surface area contributed by atoms with E-state index in [9.17, 15) is 0 Å². The van der Waals surface area contributed by atoms with Crippen LogP contribution >= 0.6 is 0 Å². The molecule has 0 spiro atoms. The van der Waals surface area contributed by atoms with Gasteiger partial charge in [-0.3, -0.25) is 0 Å². The summed E-state index contributed by atoms with van der Waals surface area (Å²) in [4.78, 5) is 10.9. The quantitative estimate of drug-likeness (QED) is 0.132. The summed E-state index contributed by atoms with van der Waals surface area (Å²) in [6.45, 7) is 0. The van der Waals surface area contributed by atoms with E-state index in [4.69, 9.17) is 9.97 Å². The van der Waals surface area contributed by atoms with Crippen molar-refractivity contribution in [2.75, 3.05) is 0 Å². The molecule has 0 aliphatic heterocycles. The monoisotopic (exact) mass is 699 g/mol. The lowest BCUT2D eigenvalue weighted by Crippen LogP contribution is -1.98. The third-order valence-electron chi connectivity index (χ3n) is 11.0. The number of rotatable bonds is 5. The van der Waals surface area contributed by atoms with E-state index in [1.165, 1.54) is 43.4 Å². The maximum absolute atomic E-state index is 5.51. The maximum Gasteiger partial charge on any atom is 0.161 e. The highest BCUT2D eigenvalue weighted by Crippen LogP contribution is 2.42. The normalized spacial score (nSPS) is 11.6. The SMILES string of the molecule is c1ccc(-c2cc(-c3ccccc3-c3ccc4c(c3)c3ccccc3n4-c3ccccc3)nc(-c3c4ccccc4cc4c3ccc3ccccc34)n2)cc1. The van der Waals surface area contributed by atoms with Crippen molar-refractivity contribution >= 4 is 54.1 Å². The molecule has 0 saturated heterocycles. The van der Waals surface area contributed by atoms with Crippen LogP contribution in [0.2, 0.25) is 0 Å². The van der Waals surface area contributed by atoms with E-state index in [0.29, 0.717) is 5.82 Å². The van der Waals surface area contributed by atoms with Crippen LogP contribution < -0.4 is 0 Å². The number of nitrogens with zero attached hydrogens (tertiary/aromatic N) is 3. The average Bonchev–Trinajstić information content (AvgIpc) is 3.59. The molecule has 256 valence electrons. The lowest BCUT2D eigenvalue weighted by Gasteiger charge is -2.16. The zero-order chi connectivity index (χ0) is 36.3. The van der Waals surface area contributed by atoms with E-state index >= 15 is 0 Å². The predicted molar refractivity (Wildman–Crippen MR) is 231 cm³/mol. The van der Waals surface area contributed by atoms with Gasteiger partial charge in [0.15, 0.2) is 5.82 Å². The molecule has 0 radical (unpaired) electrons.